The number of aryl methyl sites for hydroxylation is 1. The third-order valence-corrected chi connectivity index (χ3v) is 4.22. The van der Waals surface area contributed by atoms with Crippen LogP contribution >= 0.6 is 0 Å². The maximum absolute atomic E-state index is 11.9. The largest absolute Gasteiger partial charge is 0.449 e. The number of rotatable bonds is 4. The van der Waals surface area contributed by atoms with Gasteiger partial charge in [0, 0.05) is 36.9 Å². The zero-order chi connectivity index (χ0) is 17.2. The van der Waals surface area contributed by atoms with Gasteiger partial charge in [0.05, 0.1) is 0 Å². The molecule has 1 aromatic heterocycles. The van der Waals surface area contributed by atoms with Gasteiger partial charge in [-0.3, -0.25) is 9.78 Å². The standard InChI is InChI=1S/C19H18N2O3/c1-13-4-3-5-16(10-13)19(24-14(2)22)12-17(21-23)11-18(19)15-6-8-20-9-7-15/h3-11,17H,12H2,1-2H3. The van der Waals surface area contributed by atoms with Crippen molar-refractivity contribution in [3.63, 3.8) is 0 Å². The Morgan fingerprint density at radius 2 is 2.04 bits per heavy atom. The first-order chi connectivity index (χ1) is 11.5. The van der Waals surface area contributed by atoms with Crippen LogP contribution in [0.5, 0.6) is 0 Å². The predicted octanol–water partition coefficient (Wildman–Crippen LogP) is 3.77. The van der Waals surface area contributed by atoms with Gasteiger partial charge in [-0.15, -0.1) is 0 Å². The van der Waals surface area contributed by atoms with Crippen LogP contribution in [0.1, 0.15) is 30.0 Å². The molecule has 5 heteroatoms. The summed E-state index contributed by atoms with van der Waals surface area (Å²) in [6.45, 7) is 3.36. The van der Waals surface area contributed by atoms with Crippen LogP contribution in [-0.2, 0) is 15.1 Å². The maximum atomic E-state index is 11.9. The first kappa shape index (κ1) is 16.1. The van der Waals surface area contributed by atoms with E-state index in [4.69, 9.17) is 4.74 Å². The van der Waals surface area contributed by atoms with E-state index in [0.29, 0.717) is 6.42 Å². The summed E-state index contributed by atoms with van der Waals surface area (Å²) >= 11 is 0. The molecule has 1 aliphatic carbocycles. The molecule has 0 aliphatic heterocycles. The van der Waals surface area contributed by atoms with Crippen LogP contribution in [0.25, 0.3) is 5.57 Å². The van der Waals surface area contributed by atoms with Crippen molar-refractivity contribution in [3.05, 3.63) is 76.5 Å². The summed E-state index contributed by atoms with van der Waals surface area (Å²) < 4.78 is 5.81. The molecule has 24 heavy (non-hydrogen) atoms. The molecule has 0 amide bonds. The van der Waals surface area contributed by atoms with Crippen molar-refractivity contribution in [3.8, 4) is 0 Å². The lowest BCUT2D eigenvalue weighted by Gasteiger charge is -2.33. The predicted molar refractivity (Wildman–Crippen MR) is 91.0 cm³/mol. The lowest BCUT2D eigenvalue weighted by Crippen LogP contribution is -2.32. The Labute approximate surface area is 140 Å². The molecule has 0 fully saturated rings. The van der Waals surface area contributed by atoms with Gasteiger partial charge in [0.1, 0.15) is 6.04 Å². The van der Waals surface area contributed by atoms with E-state index < -0.39 is 17.6 Å². The highest BCUT2D eigenvalue weighted by molar-refractivity contribution is 5.80. The Balaban J connectivity index is 2.21. The summed E-state index contributed by atoms with van der Waals surface area (Å²) in [5.41, 5.74) is 2.51. The van der Waals surface area contributed by atoms with E-state index in [1.54, 1.807) is 18.5 Å². The normalized spacial score (nSPS) is 22.8. The van der Waals surface area contributed by atoms with Gasteiger partial charge in [-0.25, -0.2) is 0 Å². The second kappa shape index (κ2) is 6.35. The molecular formula is C19H18N2O3. The molecule has 0 radical (unpaired) electrons. The van der Waals surface area contributed by atoms with Crippen LogP contribution in [0, 0.1) is 11.8 Å². The zero-order valence-corrected chi connectivity index (χ0v) is 13.6. The van der Waals surface area contributed by atoms with Crippen molar-refractivity contribution < 1.29 is 9.53 Å². The molecule has 1 aliphatic rings. The fourth-order valence-electron chi connectivity index (χ4n) is 3.29. The van der Waals surface area contributed by atoms with Gasteiger partial charge in [0.25, 0.3) is 0 Å². The topological polar surface area (TPSA) is 68.6 Å². The van der Waals surface area contributed by atoms with Crippen molar-refractivity contribution in [1.82, 2.24) is 4.98 Å². The van der Waals surface area contributed by atoms with Gasteiger partial charge in [0.2, 0.25) is 0 Å². The van der Waals surface area contributed by atoms with E-state index >= 15 is 0 Å². The minimum Gasteiger partial charge on any atom is -0.449 e. The number of nitroso groups, excluding NO2 is 1. The smallest absolute Gasteiger partial charge is 0.303 e. The Bertz CT molecular complexity index is 801. The number of esters is 1. The molecule has 0 saturated heterocycles. The number of hydrogen-bond donors (Lipinski definition) is 0. The average molecular weight is 322 g/mol. The third-order valence-electron chi connectivity index (χ3n) is 4.22. The summed E-state index contributed by atoms with van der Waals surface area (Å²) in [5, 5.41) is 3.18. The fourth-order valence-corrected chi connectivity index (χ4v) is 3.29. The molecule has 0 spiro atoms. The highest BCUT2D eigenvalue weighted by atomic mass is 16.6. The summed E-state index contributed by atoms with van der Waals surface area (Å²) in [6.07, 6.45) is 5.43. The number of benzene rings is 1. The minimum atomic E-state index is -1.02. The number of ether oxygens (including phenoxy) is 1. The Morgan fingerprint density at radius 3 is 2.67 bits per heavy atom. The van der Waals surface area contributed by atoms with Crippen molar-refractivity contribution >= 4 is 11.5 Å². The second-order valence-electron chi connectivity index (χ2n) is 5.98. The van der Waals surface area contributed by atoms with Crippen molar-refractivity contribution in [2.24, 2.45) is 5.18 Å². The van der Waals surface area contributed by atoms with Crippen LogP contribution in [0.4, 0.5) is 0 Å². The summed E-state index contributed by atoms with van der Waals surface area (Å²) in [7, 11) is 0. The molecule has 1 aromatic carbocycles. The number of hydrogen-bond acceptors (Lipinski definition) is 5. The van der Waals surface area contributed by atoms with E-state index in [9.17, 15) is 9.70 Å². The van der Waals surface area contributed by atoms with Gasteiger partial charge in [-0.05, 0) is 30.7 Å². The van der Waals surface area contributed by atoms with Crippen LogP contribution in [0.3, 0.4) is 0 Å². The van der Waals surface area contributed by atoms with Crippen LogP contribution < -0.4 is 0 Å². The molecule has 2 aromatic rings. The quantitative estimate of drug-likeness (QED) is 0.634. The van der Waals surface area contributed by atoms with Crippen LogP contribution in [0.15, 0.2) is 60.0 Å². The van der Waals surface area contributed by atoms with Gasteiger partial charge < -0.3 is 4.74 Å². The molecule has 3 rings (SSSR count). The molecule has 122 valence electrons. The average Bonchev–Trinajstić information content (AvgIpc) is 2.95. The van der Waals surface area contributed by atoms with Gasteiger partial charge in [-0.1, -0.05) is 35.0 Å². The fraction of sp³-hybridized carbons (Fsp3) is 0.263. The van der Waals surface area contributed by atoms with Gasteiger partial charge >= 0.3 is 5.97 Å². The molecule has 0 N–H and O–H groups in total. The Morgan fingerprint density at radius 1 is 1.29 bits per heavy atom. The number of carbonyl (C=O) groups excluding carboxylic acids is 1. The Kier molecular flexibility index (Phi) is 4.25. The monoisotopic (exact) mass is 322 g/mol. The zero-order valence-electron chi connectivity index (χ0n) is 13.6. The van der Waals surface area contributed by atoms with Crippen molar-refractivity contribution in [2.45, 2.75) is 31.9 Å². The first-order valence-electron chi connectivity index (χ1n) is 7.77. The summed E-state index contributed by atoms with van der Waals surface area (Å²) in [4.78, 5) is 27.1. The van der Waals surface area contributed by atoms with Crippen molar-refractivity contribution in [1.29, 1.82) is 0 Å². The summed E-state index contributed by atoms with van der Waals surface area (Å²) in [6, 6.07) is 10.9. The highest BCUT2D eigenvalue weighted by Crippen LogP contribution is 2.49. The SMILES string of the molecule is CC(=O)OC1(c2cccc(C)c2)CC(N=O)C=C1c1ccncc1. The van der Waals surface area contributed by atoms with Crippen LogP contribution in [-0.4, -0.2) is 17.0 Å². The van der Waals surface area contributed by atoms with E-state index in [2.05, 4.69) is 10.2 Å². The lowest BCUT2D eigenvalue weighted by atomic mass is 9.83. The number of aromatic nitrogens is 1. The van der Waals surface area contributed by atoms with E-state index in [1.165, 1.54) is 6.92 Å². The second-order valence-corrected chi connectivity index (χ2v) is 5.98. The Hall–Kier alpha value is -2.82. The highest BCUT2D eigenvalue weighted by Gasteiger charge is 2.47. The summed E-state index contributed by atoms with van der Waals surface area (Å²) in [5.74, 6) is -0.400. The number of pyridine rings is 1. The van der Waals surface area contributed by atoms with E-state index in [0.717, 1.165) is 22.3 Å². The first-order valence-corrected chi connectivity index (χ1v) is 7.77. The minimum absolute atomic E-state index is 0.303. The van der Waals surface area contributed by atoms with E-state index in [1.807, 2.05) is 43.3 Å². The maximum Gasteiger partial charge on any atom is 0.303 e. The van der Waals surface area contributed by atoms with Gasteiger partial charge in [-0.2, -0.15) is 4.91 Å². The number of carbonyl (C=O) groups is 1. The third kappa shape index (κ3) is 2.85. The molecule has 5 nitrogen and oxygen atoms in total. The molecule has 0 saturated carbocycles. The van der Waals surface area contributed by atoms with Crippen molar-refractivity contribution in [2.75, 3.05) is 0 Å². The molecule has 2 atom stereocenters. The molecule has 2 unspecified atom stereocenters. The molecular weight excluding hydrogens is 304 g/mol. The van der Waals surface area contributed by atoms with Gasteiger partial charge in [0.15, 0.2) is 5.60 Å². The number of nitrogens with zero attached hydrogens (tertiary/aromatic N) is 2. The van der Waals surface area contributed by atoms with E-state index in [-0.39, 0.29) is 0 Å². The lowest BCUT2D eigenvalue weighted by molar-refractivity contribution is -0.152. The molecule has 0 bridgehead atoms. The molecule has 1 heterocycles. The van der Waals surface area contributed by atoms with Crippen LogP contribution in [0.2, 0.25) is 0 Å².